The van der Waals surface area contributed by atoms with Gasteiger partial charge in [-0.3, -0.25) is 14.4 Å². The summed E-state index contributed by atoms with van der Waals surface area (Å²) in [5.41, 5.74) is -0.350. The Morgan fingerprint density at radius 2 is 1.68 bits per heavy atom. The zero-order valence-corrected chi connectivity index (χ0v) is 23.7. The van der Waals surface area contributed by atoms with Crippen molar-refractivity contribution < 1.29 is 24.2 Å². The van der Waals surface area contributed by atoms with Gasteiger partial charge in [0.05, 0.1) is 17.4 Å². The zero-order valence-electron chi connectivity index (χ0n) is 23.7. The van der Waals surface area contributed by atoms with Gasteiger partial charge in [-0.25, -0.2) is 0 Å². The number of hydrogen-bond donors (Lipinski definition) is 1. The molecule has 3 fully saturated rings. The number of benzene rings is 2. The van der Waals surface area contributed by atoms with Crippen LogP contribution in [-0.2, 0) is 25.7 Å². The summed E-state index contributed by atoms with van der Waals surface area (Å²) in [6, 6.07) is 18.1. The fourth-order valence-corrected chi connectivity index (χ4v) is 7.16. The van der Waals surface area contributed by atoms with Crippen LogP contribution in [0.1, 0.15) is 31.7 Å². The van der Waals surface area contributed by atoms with Crippen LogP contribution in [0.25, 0.3) is 0 Å². The molecule has 8 nitrogen and oxygen atoms in total. The van der Waals surface area contributed by atoms with Crippen LogP contribution in [0.5, 0.6) is 0 Å². The number of aliphatic hydroxyl groups is 1. The highest BCUT2D eigenvalue weighted by molar-refractivity contribution is 6.03. The molecule has 1 N–H and O–H groups in total. The van der Waals surface area contributed by atoms with Gasteiger partial charge in [0, 0.05) is 38.5 Å². The maximum absolute atomic E-state index is 14.5. The molecule has 0 aromatic heterocycles. The van der Waals surface area contributed by atoms with Crippen LogP contribution in [0.4, 0.5) is 5.69 Å². The van der Waals surface area contributed by atoms with Crippen molar-refractivity contribution in [2.75, 3.05) is 31.1 Å². The number of ether oxygens (including phenoxy) is 1. The van der Waals surface area contributed by atoms with E-state index in [0.717, 1.165) is 5.56 Å². The maximum atomic E-state index is 14.5. The summed E-state index contributed by atoms with van der Waals surface area (Å²) in [4.78, 5) is 48.0. The number of carbonyl (C=O) groups is 3. The summed E-state index contributed by atoms with van der Waals surface area (Å²) in [7, 11) is 0. The van der Waals surface area contributed by atoms with Gasteiger partial charge in [-0.1, -0.05) is 60.7 Å². The van der Waals surface area contributed by atoms with Crippen molar-refractivity contribution in [2.24, 2.45) is 11.8 Å². The Kier molecular flexibility index (Phi) is 8.16. The lowest BCUT2D eigenvalue weighted by Crippen LogP contribution is -2.56. The Morgan fingerprint density at radius 3 is 2.32 bits per heavy atom. The molecular formula is C33H39N3O5. The maximum Gasteiger partial charge on any atom is 0.248 e. The van der Waals surface area contributed by atoms with Crippen LogP contribution in [0, 0.1) is 11.8 Å². The number of carbonyl (C=O) groups excluding carboxylic acids is 3. The summed E-state index contributed by atoms with van der Waals surface area (Å²) >= 11 is 0. The van der Waals surface area contributed by atoms with E-state index < -0.39 is 29.1 Å². The number of fused-ring (bicyclic) bond motifs is 1. The number of hydrogen-bond acceptors (Lipinski definition) is 5. The fourth-order valence-electron chi connectivity index (χ4n) is 7.16. The van der Waals surface area contributed by atoms with Gasteiger partial charge in [-0.2, -0.15) is 0 Å². The van der Waals surface area contributed by atoms with Gasteiger partial charge < -0.3 is 24.5 Å². The second kappa shape index (κ2) is 11.6. The summed E-state index contributed by atoms with van der Waals surface area (Å²) in [6.45, 7) is 10.6. The number of anilines is 1. The lowest BCUT2D eigenvalue weighted by molar-refractivity contribution is -0.151. The topological polar surface area (TPSA) is 90.4 Å². The zero-order chi connectivity index (χ0) is 29.2. The van der Waals surface area contributed by atoms with Gasteiger partial charge in [-0.05, 0) is 43.9 Å². The second-order valence-corrected chi connectivity index (χ2v) is 11.4. The highest BCUT2D eigenvalue weighted by atomic mass is 16.5. The van der Waals surface area contributed by atoms with E-state index in [1.807, 2.05) is 67.6 Å². The van der Waals surface area contributed by atoms with Crippen molar-refractivity contribution >= 4 is 23.4 Å². The molecule has 0 saturated carbocycles. The summed E-state index contributed by atoms with van der Waals surface area (Å²) < 4.78 is 6.79. The van der Waals surface area contributed by atoms with Crippen molar-refractivity contribution in [3.63, 3.8) is 0 Å². The monoisotopic (exact) mass is 557 g/mol. The molecule has 1 spiro atoms. The van der Waals surface area contributed by atoms with E-state index in [0.29, 0.717) is 38.0 Å². The van der Waals surface area contributed by atoms with E-state index in [2.05, 4.69) is 13.2 Å². The van der Waals surface area contributed by atoms with E-state index in [4.69, 9.17) is 4.74 Å². The highest BCUT2D eigenvalue weighted by Crippen LogP contribution is 2.63. The summed E-state index contributed by atoms with van der Waals surface area (Å²) in [5.74, 6) is -2.27. The van der Waals surface area contributed by atoms with Gasteiger partial charge in [-0.15, -0.1) is 13.2 Å². The normalized spacial score (nSPS) is 27.9. The molecule has 2 unspecified atom stereocenters. The number of amides is 3. The SMILES string of the molecule is C=CCN(Cc1ccccc1)C(=O)C1N(CCCO)C(=O)[C@@H]2[C@@H](C(=O)N(CC=C)c3ccccc3)[C@@]3(C)CCC12O3. The molecule has 3 aliphatic rings. The fraction of sp³-hybridized carbons (Fsp3) is 0.424. The van der Waals surface area contributed by atoms with Gasteiger partial charge in [0.25, 0.3) is 0 Å². The first-order valence-electron chi connectivity index (χ1n) is 14.3. The number of para-hydroxylation sites is 1. The predicted molar refractivity (Wildman–Crippen MR) is 157 cm³/mol. The first-order valence-corrected chi connectivity index (χ1v) is 14.3. The Morgan fingerprint density at radius 1 is 1.02 bits per heavy atom. The third-order valence-corrected chi connectivity index (χ3v) is 8.86. The van der Waals surface area contributed by atoms with Crippen molar-refractivity contribution in [2.45, 2.75) is 50.0 Å². The first kappa shape index (κ1) is 28.8. The average molecular weight is 558 g/mol. The largest absolute Gasteiger partial charge is 0.396 e. The molecule has 2 bridgehead atoms. The van der Waals surface area contributed by atoms with Crippen LogP contribution in [0.3, 0.4) is 0 Å². The van der Waals surface area contributed by atoms with E-state index in [-0.39, 0.29) is 37.4 Å². The molecule has 0 radical (unpaired) electrons. The predicted octanol–water partition coefficient (Wildman–Crippen LogP) is 3.57. The minimum atomic E-state index is -1.13. The van der Waals surface area contributed by atoms with Crippen molar-refractivity contribution in [3.05, 3.63) is 91.5 Å². The minimum Gasteiger partial charge on any atom is -0.396 e. The van der Waals surface area contributed by atoms with Crippen molar-refractivity contribution in [1.82, 2.24) is 9.80 Å². The Hall–Kier alpha value is -3.75. The molecule has 216 valence electrons. The molecule has 2 aromatic carbocycles. The number of likely N-dealkylation sites (tertiary alicyclic amines) is 1. The molecule has 3 heterocycles. The molecule has 41 heavy (non-hydrogen) atoms. The van der Waals surface area contributed by atoms with Crippen LogP contribution in [0.15, 0.2) is 86.0 Å². The average Bonchev–Trinajstić information content (AvgIpc) is 3.55. The molecule has 2 aromatic rings. The van der Waals surface area contributed by atoms with Crippen molar-refractivity contribution in [3.8, 4) is 0 Å². The van der Waals surface area contributed by atoms with E-state index in [1.54, 1.807) is 26.9 Å². The number of nitrogens with zero attached hydrogens (tertiary/aromatic N) is 3. The lowest BCUT2D eigenvalue weighted by atomic mass is 9.66. The second-order valence-electron chi connectivity index (χ2n) is 11.4. The minimum absolute atomic E-state index is 0.120. The summed E-state index contributed by atoms with van der Waals surface area (Å²) in [5, 5.41) is 9.65. The van der Waals surface area contributed by atoms with E-state index in [9.17, 15) is 19.5 Å². The molecule has 5 rings (SSSR count). The van der Waals surface area contributed by atoms with E-state index >= 15 is 0 Å². The van der Waals surface area contributed by atoms with Crippen LogP contribution in [0.2, 0.25) is 0 Å². The molecule has 5 atom stereocenters. The smallest absolute Gasteiger partial charge is 0.248 e. The molecule has 3 saturated heterocycles. The molecule has 8 heteroatoms. The molecular weight excluding hydrogens is 518 g/mol. The Labute approximate surface area is 241 Å². The Balaban J connectivity index is 1.55. The van der Waals surface area contributed by atoms with Crippen LogP contribution < -0.4 is 4.90 Å². The number of aliphatic hydroxyl groups excluding tert-OH is 1. The highest BCUT2D eigenvalue weighted by Gasteiger charge is 2.78. The molecule has 3 aliphatic heterocycles. The standard InChI is InChI=1S/C33H39N3O5/c1-4-19-34(23-24-13-8-6-9-14-24)31(40)28-33-18-17-32(3,41-33)26(27(33)30(39)36(28)21-12-22-37)29(38)35(20-5-2)25-15-10-7-11-16-25/h4-11,13-16,26-28,37H,1-2,12,17-23H2,3H3/t26-,27-,28?,32+,33?/m0/s1. The molecule has 3 amide bonds. The van der Waals surface area contributed by atoms with Gasteiger partial charge >= 0.3 is 0 Å². The van der Waals surface area contributed by atoms with Gasteiger partial charge in [0.1, 0.15) is 11.6 Å². The third-order valence-electron chi connectivity index (χ3n) is 8.86. The lowest BCUT2D eigenvalue weighted by Gasteiger charge is -2.37. The quantitative estimate of drug-likeness (QED) is 0.403. The van der Waals surface area contributed by atoms with E-state index in [1.165, 1.54) is 0 Å². The van der Waals surface area contributed by atoms with Gasteiger partial charge in [0.2, 0.25) is 17.7 Å². The summed E-state index contributed by atoms with van der Waals surface area (Å²) in [6.07, 6.45) is 4.72. The van der Waals surface area contributed by atoms with Gasteiger partial charge in [0.15, 0.2) is 0 Å². The van der Waals surface area contributed by atoms with Crippen LogP contribution in [-0.4, -0.2) is 76.1 Å². The third kappa shape index (κ3) is 4.89. The van der Waals surface area contributed by atoms with Crippen LogP contribution >= 0.6 is 0 Å². The first-order chi connectivity index (χ1) is 19.8. The molecule has 0 aliphatic carbocycles. The Bertz CT molecular complexity index is 1300. The van der Waals surface area contributed by atoms with Crippen molar-refractivity contribution in [1.29, 1.82) is 0 Å². The number of rotatable bonds is 12.